The summed E-state index contributed by atoms with van der Waals surface area (Å²) in [7, 11) is 0. The number of fused-ring (bicyclic) bond motifs is 1. The molecule has 4 rings (SSSR count). The van der Waals surface area contributed by atoms with Crippen LogP contribution in [0.4, 0.5) is 5.13 Å². The number of para-hydroxylation sites is 1. The van der Waals surface area contributed by atoms with E-state index in [1.807, 2.05) is 20.8 Å². The highest BCUT2D eigenvalue weighted by atomic mass is 32.1. The highest BCUT2D eigenvalue weighted by Gasteiger charge is 2.21. The molecular formula is C28H38N4O4S. The summed E-state index contributed by atoms with van der Waals surface area (Å²) in [5, 5.41) is 4.16. The van der Waals surface area contributed by atoms with Gasteiger partial charge >= 0.3 is 0 Å². The number of hydrogen-bond donors (Lipinski definition) is 1. The Morgan fingerprint density at radius 3 is 2.27 bits per heavy atom. The maximum Gasteiger partial charge on any atom is 0.251 e. The van der Waals surface area contributed by atoms with Crippen molar-refractivity contribution in [1.29, 1.82) is 0 Å². The van der Waals surface area contributed by atoms with Gasteiger partial charge in [-0.15, -0.1) is 0 Å². The van der Waals surface area contributed by atoms with Crippen molar-refractivity contribution in [1.82, 2.24) is 15.2 Å². The van der Waals surface area contributed by atoms with E-state index in [4.69, 9.17) is 19.2 Å². The van der Waals surface area contributed by atoms with Crippen LogP contribution in [0.15, 0.2) is 30.3 Å². The Morgan fingerprint density at radius 1 is 0.973 bits per heavy atom. The van der Waals surface area contributed by atoms with Crippen LogP contribution in [0.2, 0.25) is 0 Å². The van der Waals surface area contributed by atoms with E-state index >= 15 is 0 Å². The van der Waals surface area contributed by atoms with E-state index in [0.29, 0.717) is 49.2 Å². The van der Waals surface area contributed by atoms with E-state index in [9.17, 15) is 4.79 Å². The van der Waals surface area contributed by atoms with Crippen molar-refractivity contribution in [2.75, 3.05) is 64.0 Å². The molecule has 8 nitrogen and oxygen atoms in total. The van der Waals surface area contributed by atoms with Crippen molar-refractivity contribution in [3.63, 3.8) is 0 Å². The van der Waals surface area contributed by atoms with E-state index in [1.54, 1.807) is 23.5 Å². The summed E-state index contributed by atoms with van der Waals surface area (Å²) in [6, 6.07) is 9.91. The molecule has 37 heavy (non-hydrogen) atoms. The minimum absolute atomic E-state index is 0.148. The molecule has 0 radical (unpaired) electrons. The first-order valence-electron chi connectivity index (χ1n) is 13.3. The summed E-state index contributed by atoms with van der Waals surface area (Å²) in [4.78, 5) is 22.7. The number of hydrogen-bond acceptors (Lipinski definition) is 8. The zero-order valence-electron chi connectivity index (χ0n) is 22.3. The number of rotatable bonds is 12. The smallest absolute Gasteiger partial charge is 0.251 e. The number of benzene rings is 2. The monoisotopic (exact) mass is 526 g/mol. The summed E-state index contributed by atoms with van der Waals surface area (Å²) in [6.07, 6.45) is 0.997. The highest BCUT2D eigenvalue weighted by Crippen LogP contribution is 2.39. The first-order chi connectivity index (χ1) is 18.1. The van der Waals surface area contributed by atoms with Crippen LogP contribution in [0.3, 0.4) is 0 Å². The minimum atomic E-state index is -0.148. The second-order valence-electron chi connectivity index (χ2n) is 8.80. The Kier molecular flexibility index (Phi) is 9.46. The zero-order valence-corrected chi connectivity index (χ0v) is 23.2. The lowest BCUT2D eigenvalue weighted by molar-refractivity contribution is 0.0946. The fourth-order valence-corrected chi connectivity index (χ4v) is 5.59. The topological polar surface area (TPSA) is 76.2 Å². The SMILES string of the molecule is CCOc1cc(C(=O)NCCN2CCN(c3nc4c(CC)cccc4s3)CC2)cc(OCC)c1OCC. The maximum absolute atomic E-state index is 12.9. The van der Waals surface area contributed by atoms with E-state index in [-0.39, 0.29) is 5.91 Å². The number of nitrogens with zero attached hydrogens (tertiary/aromatic N) is 3. The van der Waals surface area contributed by atoms with Gasteiger partial charge in [-0.25, -0.2) is 4.98 Å². The molecule has 0 atom stereocenters. The molecule has 0 spiro atoms. The molecule has 9 heteroatoms. The molecular weight excluding hydrogens is 488 g/mol. The first kappa shape index (κ1) is 27.0. The van der Waals surface area contributed by atoms with Gasteiger partial charge in [0.2, 0.25) is 5.75 Å². The van der Waals surface area contributed by atoms with Gasteiger partial charge < -0.3 is 24.4 Å². The number of carbonyl (C=O) groups excluding carboxylic acids is 1. The minimum Gasteiger partial charge on any atom is -0.490 e. The Morgan fingerprint density at radius 2 is 1.65 bits per heavy atom. The standard InChI is InChI=1S/C28H38N4O4S/c1-5-20-10-9-11-24-25(20)30-28(37-24)32-16-14-31(15-17-32)13-12-29-27(33)21-18-22(34-6-2)26(36-8-4)23(19-21)35-7-3/h9-11,18-19H,5-8,12-17H2,1-4H3,(H,29,33). The fraction of sp³-hybridized carbons (Fsp3) is 0.500. The van der Waals surface area contributed by atoms with Crippen molar-refractivity contribution in [3.05, 3.63) is 41.5 Å². The molecule has 2 aromatic carbocycles. The first-order valence-corrected chi connectivity index (χ1v) is 14.1. The molecule has 1 aliphatic heterocycles. The quantitative estimate of drug-likeness (QED) is 0.369. The van der Waals surface area contributed by atoms with Crippen LogP contribution in [0.25, 0.3) is 10.2 Å². The third kappa shape index (κ3) is 6.45. The Bertz CT molecular complexity index is 1160. The predicted octanol–water partition coefficient (Wildman–Crippen LogP) is 4.61. The van der Waals surface area contributed by atoms with Crippen LogP contribution in [0.5, 0.6) is 17.2 Å². The Labute approximate surface area is 223 Å². The Hall–Kier alpha value is -3.04. The molecule has 1 N–H and O–H groups in total. The van der Waals surface area contributed by atoms with Gasteiger partial charge in [-0.2, -0.15) is 0 Å². The second kappa shape index (κ2) is 13.0. The summed E-state index contributed by atoms with van der Waals surface area (Å²) in [5.41, 5.74) is 2.95. The molecule has 1 fully saturated rings. The lowest BCUT2D eigenvalue weighted by Gasteiger charge is -2.34. The molecule has 1 saturated heterocycles. The number of thiazole rings is 1. The zero-order chi connectivity index (χ0) is 26.2. The van der Waals surface area contributed by atoms with Crippen LogP contribution in [-0.2, 0) is 6.42 Å². The molecule has 1 aliphatic rings. The van der Waals surface area contributed by atoms with Crippen molar-refractivity contribution in [2.24, 2.45) is 0 Å². The largest absolute Gasteiger partial charge is 0.490 e. The lowest BCUT2D eigenvalue weighted by Crippen LogP contribution is -2.48. The number of nitrogens with one attached hydrogen (secondary N) is 1. The van der Waals surface area contributed by atoms with E-state index < -0.39 is 0 Å². The number of aryl methyl sites for hydroxylation is 1. The average Bonchev–Trinajstić information content (AvgIpc) is 3.35. The average molecular weight is 527 g/mol. The van der Waals surface area contributed by atoms with E-state index in [1.165, 1.54) is 10.3 Å². The molecule has 0 bridgehead atoms. The number of piperazine rings is 1. The number of ether oxygens (including phenoxy) is 3. The Balaban J connectivity index is 1.31. The predicted molar refractivity (Wildman–Crippen MR) is 150 cm³/mol. The number of carbonyl (C=O) groups is 1. The van der Waals surface area contributed by atoms with Crippen LogP contribution in [-0.4, -0.2) is 74.9 Å². The third-order valence-electron chi connectivity index (χ3n) is 6.40. The molecule has 1 amide bonds. The molecule has 2 heterocycles. The van der Waals surface area contributed by atoms with Crippen molar-refractivity contribution in [3.8, 4) is 17.2 Å². The van der Waals surface area contributed by atoms with Gasteiger partial charge in [0.25, 0.3) is 5.91 Å². The van der Waals surface area contributed by atoms with E-state index in [2.05, 4.69) is 40.2 Å². The van der Waals surface area contributed by atoms with Gasteiger partial charge in [-0.05, 0) is 51.0 Å². The third-order valence-corrected chi connectivity index (χ3v) is 7.48. The lowest BCUT2D eigenvalue weighted by atomic mass is 10.1. The summed E-state index contributed by atoms with van der Waals surface area (Å²) < 4.78 is 18.5. The van der Waals surface area contributed by atoms with Gasteiger partial charge in [0.15, 0.2) is 16.6 Å². The summed E-state index contributed by atoms with van der Waals surface area (Å²) >= 11 is 1.78. The molecule has 3 aromatic rings. The van der Waals surface area contributed by atoms with Crippen LogP contribution >= 0.6 is 11.3 Å². The van der Waals surface area contributed by atoms with E-state index in [0.717, 1.165) is 49.8 Å². The maximum atomic E-state index is 12.9. The highest BCUT2D eigenvalue weighted by molar-refractivity contribution is 7.22. The van der Waals surface area contributed by atoms with Crippen molar-refractivity contribution < 1.29 is 19.0 Å². The van der Waals surface area contributed by atoms with Crippen molar-refractivity contribution in [2.45, 2.75) is 34.1 Å². The molecule has 0 aliphatic carbocycles. The molecule has 200 valence electrons. The van der Waals surface area contributed by atoms with Crippen LogP contribution in [0.1, 0.15) is 43.6 Å². The molecule has 0 saturated carbocycles. The summed E-state index contributed by atoms with van der Waals surface area (Å²) in [6.45, 7) is 14.4. The second-order valence-corrected chi connectivity index (χ2v) is 9.81. The van der Waals surface area contributed by atoms with Crippen molar-refractivity contribution >= 4 is 32.6 Å². The van der Waals surface area contributed by atoms with Crippen LogP contribution < -0.4 is 24.4 Å². The van der Waals surface area contributed by atoms with Gasteiger partial charge in [-0.3, -0.25) is 9.69 Å². The van der Waals surface area contributed by atoms with Gasteiger partial charge in [0.05, 0.1) is 30.0 Å². The fourth-order valence-electron chi connectivity index (χ4n) is 4.53. The summed E-state index contributed by atoms with van der Waals surface area (Å²) in [5.74, 6) is 1.44. The van der Waals surface area contributed by atoms with Gasteiger partial charge in [0.1, 0.15) is 0 Å². The number of aromatic nitrogens is 1. The number of anilines is 1. The van der Waals surface area contributed by atoms with Gasteiger partial charge in [-0.1, -0.05) is 30.4 Å². The van der Waals surface area contributed by atoms with Gasteiger partial charge in [0, 0.05) is 44.8 Å². The van der Waals surface area contributed by atoms with Crippen LogP contribution in [0, 0.1) is 0 Å². The molecule has 1 aromatic heterocycles. The normalized spacial score (nSPS) is 14.1. The molecule has 0 unspecified atom stereocenters. The number of amides is 1.